The standard InChI is InChI=1S/C25H14BrCl2NO4/c26-18-6-11-22(32-23(30)12-3-15-1-7-19(27)8-2-15)17(13-18)14-21-25(31)33-24(29-21)16-4-9-20(28)10-5-16/h1-14H/b12-3+,21-14-. The van der Waals surface area contributed by atoms with Crippen molar-refractivity contribution < 1.29 is 19.1 Å². The topological polar surface area (TPSA) is 65.0 Å². The maximum absolute atomic E-state index is 12.4. The van der Waals surface area contributed by atoms with E-state index in [1.807, 2.05) is 0 Å². The number of aliphatic imine (C=N–C) groups is 1. The number of hydrogen-bond donors (Lipinski definition) is 0. The van der Waals surface area contributed by atoms with Crippen molar-refractivity contribution in [3.05, 3.63) is 110 Å². The molecule has 0 unspecified atom stereocenters. The number of hydrogen-bond acceptors (Lipinski definition) is 5. The lowest BCUT2D eigenvalue weighted by atomic mass is 10.1. The van der Waals surface area contributed by atoms with E-state index in [-0.39, 0.29) is 17.3 Å². The summed E-state index contributed by atoms with van der Waals surface area (Å²) in [5, 5.41) is 1.17. The number of cyclic esters (lactones) is 1. The number of ether oxygens (including phenoxy) is 2. The fourth-order valence-corrected chi connectivity index (χ4v) is 3.51. The molecule has 8 heteroatoms. The van der Waals surface area contributed by atoms with Gasteiger partial charge in [0.05, 0.1) is 0 Å². The quantitative estimate of drug-likeness (QED) is 0.204. The summed E-state index contributed by atoms with van der Waals surface area (Å²) in [4.78, 5) is 29.0. The Morgan fingerprint density at radius 3 is 2.33 bits per heavy atom. The predicted octanol–water partition coefficient (Wildman–Crippen LogP) is 6.72. The fraction of sp³-hybridized carbons (Fsp3) is 0. The van der Waals surface area contributed by atoms with E-state index in [2.05, 4.69) is 20.9 Å². The number of benzene rings is 3. The number of esters is 2. The molecule has 0 bridgehead atoms. The van der Waals surface area contributed by atoms with Gasteiger partial charge >= 0.3 is 11.9 Å². The Kier molecular flexibility index (Phi) is 7.08. The minimum absolute atomic E-state index is 0.0760. The minimum Gasteiger partial charge on any atom is -0.423 e. The zero-order chi connectivity index (χ0) is 23.4. The summed E-state index contributed by atoms with van der Waals surface area (Å²) in [6.07, 6.45) is 4.43. The molecule has 0 saturated heterocycles. The Hall–Kier alpha value is -3.19. The second-order valence-corrected chi connectivity index (χ2v) is 8.62. The lowest BCUT2D eigenvalue weighted by Crippen LogP contribution is -2.06. The Morgan fingerprint density at radius 1 is 0.970 bits per heavy atom. The van der Waals surface area contributed by atoms with Gasteiger partial charge in [-0.2, -0.15) is 0 Å². The van der Waals surface area contributed by atoms with Gasteiger partial charge in [-0.3, -0.25) is 0 Å². The van der Waals surface area contributed by atoms with Crippen LogP contribution in [0.3, 0.4) is 0 Å². The van der Waals surface area contributed by atoms with Gasteiger partial charge in [-0.25, -0.2) is 14.6 Å². The average Bonchev–Trinajstić information content (AvgIpc) is 3.16. The molecule has 1 aliphatic rings. The molecule has 0 amide bonds. The fourth-order valence-electron chi connectivity index (χ4n) is 2.88. The van der Waals surface area contributed by atoms with Crippen molar-refractivity contribution in [2.24, 2.45) is 4.99 Å². The van der Waals surface area contributed by atoms with Crippen molar-refractivity contribution in [2.45, 2.75) is 0 Å². The summed E-state index contributed by atoms with van der Waals surface area (Å²) >= 11 is 15.2. The average molecular weight is 543 g/mol. The SMILES string of the molecule is O=C(/C=C/c1ccc(Cl)cc1)Oc1ccc(Br)cc1/C=C1\N=C(c2ccc(Cl)cc2)OC1=O. The molecule has 0 fully saturated rings. The normalized spacial score (nSPS) is 14.5. The first-order chi connectivity index (χ1) is 15.9. The van der Waals surface area contributed by atoms with Crippen LogP contribution < -0.4 is 4.74 Å². The van der Waals surface area contributed by atoms with E-state index in [0.717, 1.165) is 10.0 Å². The van der Waals surface area contributed by atoms with Crippen molar-refractivity contribution in [1.82, 2.24) is 0 Å². The predicted molar refractivity (Wildman–Crippen MR) is 132 cm³/mol. The molecule has 0 atom stereocenters. The van der Waals surface area contributed by atoms with Crippen LogP contribution in [0, 0.1) is 0 Å². The Labute approximate surface area is 208 Å². The van der Waals surface area contributed by atoms with Gasteiger partial charge in [-0.1, -0.05) is 51.3 Å². The van der Waals surface area contributed by atoms with Crippen molar-refractivity contribution in [1.29, 1.82) is 0 Å². The van der Waals surface area contributed by atoms with Crippen molar-refractivity contribution >= 4 is 69.1 Å². The van der Waals surface area contributed by atoms with Gasteiger partial charge in [0.1, 0.15) is 5.75 Å². The molecule has 3 aromatic carbocycles. The van der Waals surface area contributed by atoms with E-state index in [4.69, 9.17) is 32.7 Å². The summed E-state index contributed by atoms with van der Waals surface area (Å²) in [5.74, 6) is -0.757. The maximum atomic E-state index is 12.4. The van der Waals surface area contributed by atoms with Crippen LogP contribution in [-0.4, -0.2) is 17.8 Å². The Balaban J connectivity index is 1.57. The van der Waals surface area contributed by atoms with Crippen LogP contribution in [0.5, 0.6) is 5.75 Å². The molecule has 5 nitrogen and oxygen atoms in total. The van der Waals surface area contributed by atoms with E-state index < -0.39 is 11.9 Å². The highest BCUT2D eigenvalue weighted by atomic mass is 79.9. The van der Waals surface area contributed by atoms with Gasteiger partial charge in [0, 0.05) is 31.7 Å². The van der Waals surface area contributed by atoms with Gasteiger partial charge in [-0.15, -0.1) is 0 Å². The highest BCUT2D eigenvalue weighted by Gasteiger charge is 2.24. The molecule has 0 radical (unpaired) electrons. The summed E-state index contributed by atoms with van der Waals surface area (Å²) in [6, 6.07) is 18.8. The zero-order valence-electron chi connectivity index (χ0n) is 16.8. The zero-order valence-corrected chi connectivity index (χ0v) is 19.9. The molecule has 0 aliphatic carbocycles. The van der Waals surface area contributed by atoms with Gasteiger partial charge < -0.3 is 9.47 Å². The van der Waals surface area contributed by atoms with Gasteiger partial charge in [-0.05, 0) is 72.3 Å². The first-order valence-electron chi connectivity index (χ1n) is 9.61. The molecule has 1 aliphatic heterocycles. The minimum atomic E-state index is -0.611. The van der Waals surface area contributed by atoms with E-state index in [0.29, 0.717) is 21.2 Å². The summed E-state index contributed by atoms with van der Waals surface area (Å²) in [7, 11) is 0. The second kappa shape index (κ2) is 10.2. The van der Waals surface area contributed by atoms with E-state index in [1.165, 1.54) is 12.2 Å². The van der Waals surface area contributed by atoms with Crippen LogP contribution in [0.4, 0.5) is 0 Å². The molecule has 0 aromatic heterocycles. The number of carbonyl (C=O) groups excluding carboxylic acids is 2. The largest absolute Gasteiger partial charge is 0.423 e. The molecule has 0 N–H and O–H groups in total. The first kappa shape index (κ1) is 23.0. The lowest BCUT2D eigenvalue weighted by molar-refractivity contribution is -0.130. The third-order valence-corrected chi connectivity index (χ3v) is 5.47. The molecule has 164 valence electrons. The van der Waals surface area contributed by atoms with E-state index in [9.17, 15) is 9.59 Å². The first-order valence-corrected chi connectivity index (χ1v) is 11.2. The molecular formula is C25H14BrCl2NO4. The number of nitrogens with zero attached hydrogens (tertiary/aromatic N) is 1. The van der Waals surface area contributed by atoms with E-state index in [1.54, 1.807) is 72.8 Å². The second-order valence-electron chi connectivity index (χ2n) is 6.83. The van der Waals surface area contributed by atoms with Crippen LogP contribution in [-0.2, 0) is 14.3 Å². The number of rotatable bonds is 5. The molecule has 4 rings (SSSR count). The van der Waals surface area contributed by atoms with Gasteiger partial charge in [0.15, 0.2) is 5.70 Å². The molecule has 1 heterocycles. The number of halogens is 3. The summed E-state index contributed by atoms with van der Waals surface area (Å²) in [6.45, 7) is 0. The Bertz CT molecular complexity index is 1310. The monoisotopic (exact) mass is 541 g/mol. The van der Waals surface area contributed by atoms with Crippen LogP contribution in [0.25, 0.3) is 12.2 Å². The van der Waals surface area contributed by atoms with Crippen LogP contribution >= 0.6 is 39.1 Å². The van der Waals surface area contributed by atoms with Crippen molar-refractivity contribution in [3.63, 3.8) is 0 Å². The smallest absolute Gasteiger partial charge is 0.363 e. The molecule has 0 spiro atoms. The molecular weight excluding hydrogens is 529 g/mol. The highest BCUT2D eigenvalue weighted by molar-refractivity contribution is 9.10. The van der Waals surface area contributed by atoms with Crippen LogP contribution in [0.2, 0.25) is 10.0 Å². The molecule has 33 heavy (non-hydrogen) atoms. The lowest BCUT2D eigenvalue weighted by Gasteiger charge is -2.06. The van der Waals surface area contributed by atoms with Crippen LogP contribution in [0.1, 0.15) is 16.7 Å². The summed E-state index contributed by atoms with van der Waals surface area (Å²) < 4.78 is 11.5. The van der Waals surface area contributed by atoms with Crippen molar-refractivity contribution in [2.75, 3.05) is 0 Å². The molecule has 3 aromatic rings. The maximum Gasteiger partial charge on any atom is 0.363 e. The summed E-state index contributed by atoms with van der Waals surface area (Å²) in [5.41, 5.74) is 1.97. The third kappa shape index (κ3) is 5.99. The van der Waals surface area contributed by atoms with Crippen molar-refractivity contribution in [3.8, 4) is 5.75 Å². The Morgan fingerprint density at radius 2 is 1.64 bits per heavy atom. The van der Waals surface area contributed by atoms with Gasteiger partial charge in [0.2, 0.25) is 5.90 Å². The van der Waals surface area contributed by atoms with Gasteiger partial charge in [0.25, 0.3) is 0 Å². The highest BCUT2D eigenvalue weighted by Crippen LogP contribution is 2.28. The third-order valence-electron chi connectivity index (χ3n) is 4.47. The van der Waals surface area contributed by atoms with Crippen LogP contribution in [0.15, 0.2) is 88.0 Å². The van der Waals surface area contributed by atoms with E-state index >= 15 is 0 Å². The molecule has 0 saturated carbocycles. The number of carbonyl (C=O) groups is 2.